The van der Waals surface area contributed by atoms with E-state index in [1.807, 2.05) is 6.07 Å². The van der Waals surface area contributed by atoms with Crippen molar-refractivity contribution >= 4 is 11.9 Å². The molecule has 0 amide bonds. The van der Waals surface area contributed by atoms with Crippen LogP contribution in [0.15, 0.2) is 60.2 Å². The number of rotatable bonds is 9. The number of nitro groups is 1. The Kier molecular flexibility index (Phi) is 6.13. The van der Waals surface area contributed by atoms with Gasteiger partial charge in [-0.25, -0.2) is 4.68 Å². The van der Waals surface area contributed by atoms with Gasteiger partial charge < -0.3 is 14.2 Å². The summed E-state index contributed by atoms with van der Waals surface area (Å²) < 4.78 is 18.0. The number of non-ortho nitro benzene ring substituents is 1. The second-order valence-corrected chi connectivity index (χ2v) is 5.44. The monoisotopic (exact) mass is 383 g/mol. The van der Waals surface area contributed by atoms with Crippen LogP contribution in [0.2, 0.25) is 0 Å². The molecular formula is C18H17N5O5. The van der Waals surface area contributed by atoms with Gasteiger partial charge in [-0.15, -0.1) is 10.2 Å². The van der Waals surface area contributed by atoms with Crippen LogP contribution in [0.25, 0.3) is 0 Å². The van der Waals surface area contributed by atoms with E-state index >= 15 is 0 Å². The molecule has 0 aliphatic carbocycles. The summed E-state index contributed by atoms with van der Waals surface area (Å²) in [5.41, 5.74) is 0.835. The standard InChI is InChI=1S/C18H17N5O5/c1-26-18-10-14(11-21-22-12-19-20-13-22)2-7-17(18)28-9-8-27-16-5-3-15(4-6-16)23(24)25/h2-7,10-13H,8-9H2,1H3. The minimum Gasteiger partial charge on any atom is -0.493 e. The van der Waals surface area contributed by atoms with Gasteiger partial charge in [0, 0.05) is 12.1 Å². The first-order chi connectivity index (χ1) is 13.7. The Hall–Kier alpha value is -3.95. The summed E-state index contributed by atoms with van der Waals surface area (Å²) in [5, 5.41) is 22.1. The van der Waals surface area contributed by atoms with Gasteiger partial charge in [0.05, 0.1) is 18.2 Å². The van der Waals surface area contributed by atoms with Crippen molar-refractivity contribution in [1.82, 2.24) is 14.9 Å². The number of nitro benzene ring substituents is 1. The average Bonchev–Trinajstić information content (AvgIpc) is 3.24. The van der Waals surface area contributed by atoms with Crippen LogP contribution in [0.4, 0.5) is 5.69 Å². The predicted molar refractivity (Wildman–Crippen MR) is 100 cm³/mol. The molecule has 1 heterocycles. The number of hydrogen-bond acceptors (Lipinski definition) is 8. The third-order valence-corrected chi connectivity index (χ3v) is 3.59. The summed E-state index contributed by atoms with van der Waals surface area (Å²) in [7, 11) is 1.55. The van der Waals surface area contributed by atoms with E-state index in [1.54, 1.807) is 37.6 Å². The SMILES string of the molecule is COc1cc(C=Nn2cnnc2)ccc1OCCOc1ccc([N+](=O)[O-])cc1. The molecule has 0 unspecified atom stereocenters. The topological polar surface area (TPSA) is 114 Å². The van der Waals surface area contributed by atoms with E-state index in [0.717, 1.165) is 5.56 Å². The van der Waals surface area contributed by atoms with E-state index in [9.17, 15) is 10.1 Å². The number of nitrogens with zero attached hydrogens (tertiary/aromatic N) is 5. The minimum atomic E-state index is -0.458. The molecule has 0 saturated heterocycles. The van der Waals surface area contributed by atoms with Gasteiger partial charge in [0.1, 0.15) is 31.6 Å². The molecule has 3 rings (SSSR count). The lowest BCUT2D eigenvalue weighted by Crippen LogP contribution is -2.09. The van der Waals surface area contributed by atoms with Crippen molar-refractivity contribution in [2.24, 2.45) is 5.10 Å². The molecule has 0 saturated carbocycles. The molecule has 0 spiro atoms. The van der Waals surface area contributed by atoms with Crippen molar-refractivity contribution in [1.29, 1.82) is 0 Å². The zero-order chi connectivity index (χ0) is 19.8. The number of ether oxygens (including phenoxy) is 3. The molecule has 0 radical (unpaired) electrons. The van der Waals surface area contributed by atoms with E-state index in [0.29, 0.717) is 17.2 Å². The Labute approximate surface area is 160 Å². The maximum absolute atomic E-state index is 10.6. The van der Waals surface area contributed by atoms with Crippen LogP contribution in [0.5, 0.6) is 17.2 Å². The highest BCUT2D eigenvalue weighted by Gasteiger charge is 2.07. The van der Waals surface area contributed by atoms with E-state index in [2.05, 4.69) is 15.3 Å². The van der Waals surface area contributed by atoms with Gasteiger partial charge >= 0.3 is 0 Å². The zero-order valence-electron chi connectivity index (χ0n) is 15.0. The highest BCUT2D eigenvalue weighted by molar-refractivity contribution is 5.80. The highest BCUT2D eigenvalue weighted by atomic mass is 16.6. The van der Waals surface area contributed by atoms with Crippen LogP contribution in [-0.2, 0) is 0 Å². The molecule has 0 aliphatic heterocycles. The fraction of sp³-hybridized carbons (Fsp3) is 0.167. The van der Waals surface area contributed by atoms with Crippen molar-refractivity contribution in [3.05, 3.63) is 70.8 Å². The molecule has 28 heavy (non-hydrogen) atoms. The van der Waals surface area contributed by atoms with E-state index < -0.39 is 4.92 Å². The summed E-state index contributed by atoms with van der Waals surface area (Å²) in [5.74, 6) is 1.65. The smallest absolute Gasteiger partial charge is 0.269 e. The normalized spacial score (nSPS) is 10.8. The summed E-state index contributed by atoms with van der Waals surface area (Å²) in [6, 6.07) is 11.3. The van der Waals surface area contributed by atoms with Crippen molar-refractivity contribution in [2.75, 3.05) is 20.3 Å². The molecule has 0 N–H and O–H groups in total. The number of benzene rings is 2. The van der Waals surface area contributed by atoms with Gasteiger partial charge in [0.2, 0.25) is 0 Å². The van der Waals surface area contributed by atoms with Gasteiger partial charge in [-0.1, -0.05) is 0 Å². The van der Waals surface area contributed by atoms with Crippen molar-refractivity contribution in [3.8, 4) is 17.2 Å². The number of methoxy groups -OCH3 is 1. The quantitative estimate of drug-likeness (QED) is 0.241. The molecule has 144 valence electrons. The first kappa shape index (κ1) is 18.8. The van der Waals surface area contributed by atoms with Crippen LogP contribution in [0.1, 0.15) is 5.56 Å². The van der Waals surface area contributed by atoms with E-state index in [4.69, 9.17) is 14.2 Å². The maximum Gasteiger partial charge on any atom is 0.269 e. The third-order valence-electron chi connectivity index (χ3n) is 3.59. The number of aromatic nitrogens is 3. The Morgan fingerprint density at radius 2 is 1.79 bits per heavy atom. The zero-order valence-corrected chi connectivity index (χ0v) is 15.0. The molecule has 10 heteroatoms. The average molecular weight is 383 g/mol. The van der Waals surface area contributed by atoms with Gasteiger partial charge in [-0.3, -0.25) is 10.1 Å². The second-order valence-electron chi connectivity index (χ2n) is 5.44. The molecule has 0 aliphatic rings. The molecule has 0 atom stereocenters. The molecule has 3 aromatic rings. The molecule has 10 nitrogen and oxygen atoms in total. The van der Waals surface area contributed by atoms with Crippen molar-refractivity contribution < 1.29 is 19.1 Å². The minimum absolute atomic E-state index is 0.0151. The first-order valence-electron chi connectivity index (χ1n) is 8.23. The Balaban J connectivity index is 1.53. The molecule has 1 aromatic heterocycles. The van der Waals surface area contributed by atoms with E-state index in [-0.39, 0.29) is 18.9 Å². The van der Waals surface area contributed by atoms with Gasteiger partial charge in [-0.05, 0) is 35.9 Å². The van der Waals surface area contributed by atoms with Crippen LogP contribution in [0, 0.1) is 10.1 Å². The number of hydrogen-bond donors (Lipinski definition) is 0. The maximum atomic E-state index is 10.6. The van der Waals surface area contributed by atoms with Crippen LogP contribution >= 0.6 is 0 Å². The summed E-state index contributed by atoms with van der Waals surface area (Å²) in [6.07, 6.45) is 4.61. The molecule has 2 aromatic carbocycles. The van der Waals surface area contributed by atoms with Gasteiger partial charge in [0.25, 0.3) is 5.69 Å². The van der Waals surface area contributed by atoms with Crippen LogP contribution < -0.4 is 14.2 Å². The summed E-state index contributed by atoms with van der Waals surface area (Å²) in [6.45, 7) is 0.555. The highest BCUT2D eigenvalue weighted by Crippen LogP contribution is 2.27. The lowest BCUT2D eigenvalue weighted by molar-refractivity contribution is -0.384. The van der Waals surface area contributed by atoms with Crippen molar-refractivity contribution in [3.63, 3.8) is 0 Å². The molecular weight excluding hydrogens is 366 g/mol. The fourth-order valence-electron chi connectivity index (χ4n) is 2.25. The Morgan fingerprint density at radius 3 is 2.46 bits per heavy atom. The third kappa shape index (κ3) is 5.04. The van der Waals surface area contributed by atoms with Crippen LogP contribution in [-0.4, -0.2) is 46.3 Å². The Morgan fingerprint density at radius 1 is 1.07 bits per heavy atom. The molecule has 0 fully saturated rings. The largest absolute Gasteiger partial charge is 0.493 e. The van der Waals surface area contributed by atoms with E-state index in [1.165, 1.54) is 29.5 Å². The second kappa shape index (κ2) is 9.12. The predicted octanol–water partition coefficient (Wildman–Crippen LogP) is 2.53. The lowest BCUT2D eigenvalue weighted by Gasteiger charge is -2.12. The Bertz CT molecular complexity index is 942. The van der Waals surface area contributed by atoms with Gasteiger partial charge in [0.15, 0.2) is 11.5 Å². The summed E-state index contributed by atoms with van der Waals surface area (Å²) in [4.78, 5) is 10.2. The lowest BCUT2D eigenvalue weighted by atomic mass is 10.2. The van der Waals surface area contributed by atoms with Crippen LogP contribution in [0.3, 0.4) is 0 Å². The van der Waals surface area contributed by atoms with Crippen molar-refractivity contribution in [2.45, 2.75) is 0 Å². The molecule has 0 bridgehead atoms. The first-order valence-corrected chi connectivity index (χ1v) is 8.23. The summed E-state index contributed by atoms with van der Waals surface area (Å²) >= 11 is 0. The fourth-order valence-corrected chi connectivity index (χ4v) is 2.25. The van der Waals surface area contributed by atoms with Gasteiger partial charge in [-0.2, -0.15) is 5.10 Å².